The lowest BCUT2D eigenvalue weighted by Gasteiger charge is -2.14. The molecule has 1 atom stereocenters. The van der Waals surface area contributed by atoms with Crippen LogP contribution in [0.2, 0.25) is 0 Å². The Bertz CT molecular complexity index is 536. The molecule has 0 aliphatic heterocycles. The van der Waals surface area contributed by atoms with Gasteiger partial charge in [0.1, 0.15) is 0 Å². The summed E-state index contributed by atoms with van der Waals surface area (Å²) in [6, 6.07) is 17.5. The summed E-state index contributed by atoms with van der Waals surface area (Å²) in [5.41, 5.74) is 1.80. The Morgan fingerprint density at radius 1 is 1.05 bits per heavy atom. The van der Waals surface area contributed by atoms with Gasteiger partial charge < -0.3 is 5.32 Å². The van der Waals surface area contributed by atoms with Crippen molar-refractivity contribution in [3.8, 4) is 0 Å². The number of hydrogen-bond donors (Lipinski definition) is 1. The highest BCUT2D eigenvalue weighted by atomic mass is 32.2. The van der Waals surface area contributed by atoms with Gasteiger partial charge in [0.25, 0.3) is 5.91 Å². The van der Waals surface area contributed by atoms with Crippen LogP contribution in [0.1, 0.15) is 28.9 Å². The molecule has 0 saturated carbocycles. The van der Waals surface area contributed by atoms with Gasteiger partial charge in [-0.3, -0.25) is 4.79 Å². The van der Waals surface area contributed by atoms with E-state index in [1.807, 2.05) is 37.3 Å². The van der Waals surface area contributed by atoms with Gasteiger partial charge in [-0.05, 0) is 43.0 Å². The molecule has 1 amide bonds. The van der Waals surface area contributed by atoms with Crippen LogP contribution < -0.4 is 5.32 Å². The van der Waals surface area contributed by atoms with E-state index in [-0.39, 0.29) is 11.9 Å². The van der Waals surface area contributed by atoms with Crippen molar-refractivity contribution < 1.29 is 4.79 Å². The molecule has 0 aliphatic carbocycles. The van der Waals surface area contributed by atoms with E-state index in [4.69, 9.17) is 0 Å². The highest BCUT2D eigenvalue weighted by Crippen LogP contribution is 2.19. The van der Waals surface area contributed by atoms with Crippen molar-refractivity contribution >= 4 is 17.7 Å². The van der Waals surface area contributed by atoms with Gasteiger partial charge >= 0.3 is 0 Å². The second-order valence-electron chi connectivity index (χ2n) is 4.33. The Morgan fingerprint density at radius 3 is 2.26 bits per heavy atom. The molecule has 0 unspecified atom stereocenters. The first-order valence-electron chi connectivity index (χ1n) is 6.20. The summed E-state index contributed by atoms with van der Waals surface area (Å²) in [6.07, 6.45) is 2.05. The number of thioether (sulfide) groups is 1. The smallest absolute Gasteiger partial charge is 0.251 e. The number of carbonyl (C=O) groups excluding carboxylic acids is 1. The predicted molar refractivity (Wildman–Crippen MR) is 80.5 cm³/mol. The van der Waals surface area contributed by atoms with Gasteiger partial charge in [0.05, 0.1) is 6.04 Å². The van der Waals surface area contributed by atoms with Gasteiger partial charge in [-0.15, -0.1) is 11.8 Å². The van der Waals surface area contributed by atoms with Gasteiger partial charge in [-0.2, -0.15) is 0 Å². The van der Waals surface area contributed by atoms with E-state index in [9.17, 15) is 4.79 Å². The monoisotopic (exact) mass is 271 g/mol. The Morgan fingerprint density at radius 2 is 1.68 bits per heavy atom. The maximum absolute atomic E-state index is 12.0. The molecule has 2 aromatic rings. The molecule has 0 aromatic heterocycles. The third kappa shape index (κ3) is 3.61. The highest BCUT2D eigenvalue weighted by Gasteiger charge is 2.10. The van der Waals surface area contributed by atoms with Crippen LogP contribution in [0.25, 0.3) is 0 Å². The average Bonchev–Trinajstić information content (AvgIpc) is 2.48. The molecule has 19 heavy (non-hydrogen) atoms. The van der Waals surface area contributed by atoms with Crippen molar-refractivity contribution in [2.45, 2.75) is 17.9 Å². The molecule has 0 aliphatic rings. The molecule has 2 nitrogen and oxygen atoms in total. The molecule has 3 heteroatoms. The molecule has 0 bridgehead atoms. The third-order valence-electron chi connectivity index (χ3n) is 3.00. The number of benzene rings is 2. The van der Waals surface area contributed by atoms with E-state index in [0.29, 0.717) is 5.56 Å². The van der Waals surface area contributed by atoms with Gasteiger partial charge in [0.2, 0.25) is 0 Å². The van der Waals surface area contributed by atoms with Gasteiger partial charge in [-0.1, -0.05) is 30.3 Å². The fourth-order valence-corrected chi connectivity index (χ4v) is 2.25. The summed E-state index contributed by atoms with van der Waals surface area (Å²) < 4.78 is 0. The zero-order valence-corrected chi connectivity index (χ0v) is 11.9. The van der Waals surface area contributed by atoms with Crippen LogP contribution in [-0.2, 0) is 0 Å². The second-order valence-corrected chi connectivity index (χ2v) is 5.21. The molecule has 0 spiro atoms. The lowest BCUT2D eigenvalue weighted by atomic mass is 10.1. The van der Waals surface area contributed by atoms with Crippen LogP contribution in [0, 0.1) is 0 Å². The average molecular weight is 271 g/mol. The molecule has 2 aromatic carbocycles. The summed E-state index contributed by atoms with van der Waals surface area (Å²) in [5.74, 6) is -0.0398. The molecular formula is C16H17NOS. The number of rotatable bonds is 4. The van der Waals surface area contributed by atoms with Crippen LogP contribution in [0.15, 0.2) is 59.5 Å². The summed E-state index contributed by atoms with van der Waals surface area (Å²) >= 11 is 1.71. The van der Waals surface area contributed by atoms with Crippen LogP contribution >= 0.6 is 11.8 Å². The minimum absolute atomic E-state index is 0.00334. The standard InChI is InChI=1S/C16H17NOS/c1-12(13-8-10-15(19-2)11-9-13)17-16(18)14-6-4-3-5-7-14/h3-12H,1-2H3,(H,17,18)/t12-/m0/s1. The topological polar surface area (TPSA) is 29.1 Å². The number of nitrogens with one attached hydrogen (secondary N) is 1. The molecule has 0 heterocycles. The van der Waals surface area contributed by atoms with Gasteiger partial charge in [-0.25, -0.2) is 0 Å². The number of carbonyl (C=O) groups is 1. The van der Waals surface area contributed by atoms with Crippen molar-refractivity contribution in [3.05, 3.63) is 65.7 Å². The van der Waals surface area contributed by atoms with E-state index >= 15 is 0 Å². The first-order valence-corrected chi connectivity index (χ1v) is 7.43. The Kier molecular flexibility index (Phi) is 4.63. The van der Waals surface area contributed by atoms with Crippen molar-refractivity contribution in [2.24, 2.45) is 0 Å². The van der Waals surface area contributed by atoms with E-state index < -0.39 is 0 Å². The zero-order valence-electron chi connectivity index (χ0n) is 11.1. The minimum atomic E-state index is -0.0398. The lowest BCUT2D eigenvalue weighted by molar-refractivity contribution is 0.0940. The molecule has 0 saturated heterocycles. The molecule has 98 valence electrons. The highest BCUT2D eigenvalue weighted by molar-refractivity contribution is 7.98. The SMILES string of the molecule is CSc1ccc([C@H](C)NC(=O)c2ccccc2)cc1. The summed E-state index contributed by atoms with van der Waals surface area (Å²) in [5, 5.41) is 3.00. The molecule has 0 radical (unpaired) electrons. The van der Waals surface area contributed by atoms with Crippen LogP contribution in [0.4, 0.5) is 0 Å². The van der Waals surface area contributed by atoms with E-state index in [0.717, 1.165) is 5.56 Å². The second kappa shape index (κ2) is 6.43. The van der Waals surface area contributed by atoms with Crippen molar-refractivity contribution in [1.29, 1.82) is 0 Å². The van der Waals surface area contributed by atoms with Crippen molar-refractivity contribution in [2.75, 3.05) is 6.26 Å². The molecule has 0 fully saturated rings. The molecule has 1 N–H and O–H groups in total. The predicted octanol–water partition coefficient (Wildman–Crippen LogP) is 3.90. The first-order chi connectivity index (χ1) is 9.20. The quantitative estimate of drug-likeness (QED) is 0.854. The van der Waals surface area contributed by atoms with E-state index in [2.05, 4.69) is 35.8 Å². The molecule has 2 rings (SSSR count). The Labute approximate surface area is 118 Å². The summed E-state index contributed by atoms with van der Waals surface area (Å²) in [7, 11) is 0. The summed E-state index contributed by atoms with van der Waals surface area (Å²) in [4.78, 5) is 13.3. The maximum Gasteiger partial charge on any atom is 0.251 e. The molecular weight excluding hydrogens is 254 g/mol. The zero-order chi connectivity index (χ0) is 13.7. The van der Waals surface area contributed by atoms with Crippen molar-refractivity contribution in [1.82, 2.24) is 5.32 Å². The minimum Gasteiger partial charge on any atom is -0.346 e. The lowest BCUT2D eigenvalue weighted by Crippen LogP contribution is -2.26. The fraction of sp³-hybridized carbons (Fsp3) is 0.188. The fourth-order valence-electron chi connectivity index (χ4n) is 1.85. The first kappa shape index (κ1) is 13.7. The Balaban J connectivity index is 2.04. The van der Waals surface area contributed by atoms with Crippen molar-refractivity contribution in [3.63, 3.8) is 0 Å². The number of amides is 1. The normalized spacial score (nSPS) is 11.9. The van der Waals surface area contributed by atoms with E-state index in [1.54, 1.807) is 11.8 Å². The summed E-state index contributed by atoms with van der Waals surface area (Å²) in [6.45, 7) is 1.99. The van der Waals surface area contributed by atoms with Crippen LogP contribution in [0.5, 0.6) is 0 Å². The maximum atomic E-state index is 12.0. The van der Waals surface area contributed by atoms with Gasteiger partial charge in [0.15, 0.2) is 0 Å². The number of hydrogen-bond acceptors (Lipinski definition) is 2. The van der Waals surface area contributed by atoms with Gasteiger partial charge in [0, 0.05) is 10.5 Å². The van der Waals surface area contributed by atoms with Crippen LogP contribution in [-0.4, -0.2) is 12.2 Å². The third-order valence-corrected chi connectivity index (χ3v) is 3.74. The Hall–Kier alpha value is -1.74. The van der Waals surface area contributed by atoms with E-state index in [1.165, 1.54) is 4.90 Å². The largest absolute Gasteiger partial charge is 0.346 e. The van der Waals surface area contributed by atoms with Crippen LogP contribution in [0.3, 0.4) is 0 Å².